The number of fused-ring (bicyclic) bond motifs is 2. The zero-order valence-corrected chi connectivity index (χ0v) is 19.8. The molecule has 1 N–H and O–H groups in total. The largest absolute Gasteiger partial charge is 0.496 e. The molecule has 31 heavy (non-hydrogen) atoms. The summed E-state index contributed by atoms with van der Waals surface area (Å²) < 4.78 is 17.8. The smallest absolute Gasteiger partial charge is 0.444 e. The second kappa shape index (κ2) is 7.19. The molecule has 1 aromatic heterocycles. The first-order chi connectivity index (χ1) is 14.2. The minimum absolute atomic E-state index is 0.0387. The Balaban J connectivity index is 1.48. The molecule has 2 unspecified atom stereocenters. The summed E-state index contributed by atoms with van der Waals surface area (Å²) in [6.45, 7) is 13.7. The van der Waals surface area contributed by atoms with Crippen LogP contribution < -0.4 is 5.46 Å². The van der Waals surface area contributed by atoms with Crippen LogP contribution in [-0.2, 0) is 19.6 Å². The number of hydrogen-bond acceptors (Lipinski definition) is 6. The van der Waals surface area contributed by atoms with Crippen LogP contribution >= 0.6 is 0 Å². The molecule has 0 saturated carbocycles. The Kier molecular flexibility index (Phi) is 5.23. The van der Waals surface area contributed by atoms with E-state index in [4.69, 9.17) is 14.0 Å². The van der Waals surface area contributed by atoms with Gasteiger partial charge in [-0.05, 0) is 67.4 Å². The molecule has 1 aromatic rings. The van der Waals surface area contributed by atoms with Crippen molar-refractivity contribution in [3.8, 4) is 0 Å². The summed E-state index contributed by atoms with van der Waals surface area (Å²) in [4.78, 5) is 19.1. The van der Waals surface area contributed by atoms with Gasteiger partial charge in [0.05, 0.1) is 16.9 Å². The van der Waals surface area contributed by atoms with Gasteiger partial charge in [-0.15, -0.1) is 0 Å². The fraction of sp³-hybridized carbons (Fsp3) is 0.739. The fourth-order valence-corrected chi connectivity index (χ4v) is 4.85. The quantitative estimate of drug-likeness (QED) is 0.727. The molecule has 4 heterocycles. The van der Waals surface area contributed by atoms with E-state index in [0.29, 0.717) is 18.5 Å². The Morgan fingerprint density at radius 3 is 2.13 bits per heavy atom. The first-order valence-electron chi connectivity index (χ1n) is 11.3. The standard InChI is InChI=1S/C23H35BN2O5/c1-20(2,3)29-19(27)26-16-9-10-17(26)13-23(28,12-16)18-11-8-15(14-25-18)24-30-21(4,5)22(6,7)31-24/h8,11,14,16-17,28H,9-10,12-13H2,1-7H3. The second-order valence-corrected chi connectivity index (χ2v) is 11.3. The number of piperidine rings is 1. The van der Waals surface area contributed by atoms with Gasteiger partial charge in [0.25, 0.3) is 0 Å². The molecule has 4 rings (SSSR count). The summed E-state index contributed by atoms with van der Waals surface area (Å²) in [5, 5.41) is 11.5. The third kappa shape index (κ3) is 4.10. The molecule has 8 heteroatoms. The molecule has 0 radical (unpaired) electrons. The lowest BCUT2D eigenvalue weighted by molar-refractivity contribution is -0.0647. The van der Waals surface area contributed by atoms with Crippen LogP contribution in [0.15, 0.2) is 18.3 Å². The van der Waals surface area contributed by atoms with Crippen molar-refractivity contribution in [1.29, 1.82) is 0 Å². The lowest BCUT2D eigenvalue weighted by atomic mass is 9.78. The summed E-state index contributed by atoms with van der Waals surface area (Å²) in [6, 6.07) is 3.71. The Hall–Kier alpha value is -1.64. The van der Waals surface area contributed by atoms with Gasteiger partial charge >= 0.3 is 13.2 Å². The molecule has 3 saturated heterocycles. The predicted molar refractivity (Wildman–Crippen MR) is 118 cm³/mol. The van der Waals surface area contributed by atoms with Crippen LogP contribution in [0.5, 0.6) is 0 Å². The van der Waals surface area contributed by atoms with Gasteiger partial charge in [-0.3, -0.25) is 4.98 Å². The number of carbonyl (C=O) groups excluding carboxylic acids is 1. The Morgan fingerprint density at radius 1 is 1.13 bits per heavy atom. The number of pyridine rings is 1. The SMILES string of the molecule is CC(C)(C)OC(=O)N1C2CCC1CC(O)(c1ccc(B3OC(C)(C)C(C)(C)O3)cn1)C2. The minimum Gasteiger partial charge on any atom is -0.444 e. The predicted octanol–water partition coefficient (Wildman–Crippen LogP) is 3.13. The molecule has 3 aliphatic heterocycles. The third-order valence-electron chi connectivity index (χ3n) is 7.16. The Morgan fingerprint density at radius 2 is 1.68 bits per heavy atom. The maximum absolute atomic E-state index is 12.7. The molecule has 1 amide bonds. The number of rotatable bonds is 2. The summed E-state index contributed by atoms with van der Waals surface area (Å²) in [6.07, 6.45) is 4.12. The number of hydrogen-bond donors (Lipinski definition) is 1. The molecular formula is C23H35BN2O5. The minimum atomic E-state index is -1.06. The molecule has 170 valence electrons. The molecule has 0 spiro atoms. The van der Waals surface area contributed by atoms with Crippen LogP contribution in [0.1, 0.15) is 79.8 Å². The van der Waals surface area contributed by atoms with Gasteiger partial charge in [0.15, 0.2) is 0 Å². The fourth-order valence-electron chi connectivity index (χ4n) is 4.85. The average Bonchev–Trinajstić information content (AvgIpc) is 3.03. The van der Waals surface area contributed by atoms with E-state index in [1.165, 1.54) is 0 Å². The van der Waals surface area contributed by atoms with Crippen molar-refractivity contribution in [2.45, 2.75) is 109 Å². The monoisotopic (exact) mass is 430 g/mol. The van der Waals surface area contributed by atoms with Crippen molar-refractivity contribution in [3.63, 3.8) is 0 Å². The lowest BCUT2D eigenvalue weighted by Gasteiger charge is -2.43. The molecule has 3 aliphatic rings. The van der Waals surface area contributed by atoms with E-state index >= 15 is 0 Å². The Labute approximate surface area is 185 Å². The van der Waals surface area contributed by atoms with E-state index in [1.54, 1.807) is 6.20 Å². The van der Waals surface area contributed by atoms with Crippen LogP contribution in [-0.4, -0.2) is 57.1 Å². The van der Waals surface area contributed by atoms with Gasteiger partial charge in [-0.1, -0.05) is 6.07 Å². The molecule has 0 aromatic carbocycles. The number of carbonyl (C=O) groups is 1. The topological polar surface area (TPSA) is 81.1 Å². The first kappa shape index (κ1) is 22.6. The van der Waals surface area contributed by atoms with Gasteiger partial charge in [0.2, 0.25) is 0 Å². The molecule has 3 fully saturated rings. The Bertz CT molecular complexity index is 819. The van der Waals surface area contributed by atoms with Gasteiger partial charge in [-0.25, -0.2) is 4.79 Å². The van der Waals surface area contributed by atoms with Crippen LogP contribution in [0.25, 0.3) is 0 Å². The number of ether oxygens (including phenoxy) is 1. The van der Waals surface area contributed by atoms with Crippen molar-refractivity contribution < 1.29 is 23.9 Å². The van der Waals surface area contributed by atoms with Crippen molar-refractivity contribution in [2.75, 3.05) is 0 Å². The van der Waals surface area contributed by atoms with Crippen LogP contribution in [0.2, 0.25) is 0 Å². The number of aliphatic hydroxyl groups is 1. The van der Waals surface area contributed by atoms with E-state index in [0.717, 1.165) is 18.3 Å². The highest BCUT2D eigenvalue weighted by Gasteiger charge is 2.53. The van der Waals surface area contributed by atoms with E-state index in [-0.39, 0.29) is 18.2 Å². The molecule has 2 atom stereocenters. The highest BCUT2D eigenvalue weighted by Crippen LogP contribution is 2.45. The van der Waals surface area contributed by atoms with Gasteiger partial charge in [0.1, 0.15) is 11.2 Å². The van der Waals surface area contributed by atoms with Gasteiger partial charge in [0, 0.05) is 36.6 Å². The van der Waals surface area contributed by atoms with E-state index in [9.17, 15) is 9.90 Å². The molecule has 2 bridgehead atoms. The van der Waals surface area contributed by atoms with Crippen LogP contribution in [0.3, 0.4) is 0 Å². The van der Waals surface area contributed by atoms with Gasteiger partial charge < -0.3 is 24.1 Å². The van der Waals surface area contributed by atoms with E-state index in [1.807, 2.05) is 65.5 Å². The summed E-state index contributed by atoms with van der Waals surface area (Å²) in [5.74, 6) is 0. The molecule has 7 nitrogen and oxygen atoms in total. The average molecular weight is 430 g/mol. The lowest BCUT2D eigenvalue weighted by Crippen LogP contribution is -2.53. The molecule has 0 aliphatic carbocycles. The van der Waals surface area contributed by atoms with Crippen molar-refractivity contribution >= 4 is 18.7 Å². The van der Waals surface area contributed by atoms with Gasteiger partial charge in [-0.2, -0.15) is 0 Å². The second-order valence-electron chi connectivity index (χ2n) is 11.3. The maximum Gasteiger partial charge on any atom is 0.496 e. The zero-order valence-electron chi connectivity index (χ0n) is 19.8. The summed E-state index contributed by atoms with van der Waals surface area (Å²) in [5.41, 5.74) is -0.952. The van der Waals surface area contributed by atoms with Crippen LogP contribution in [0.4, 0.5) is 4.79 Å². The van der Waals surface area contributed by atoms with Crippen molar-refractivity contribution in [3.05, 3.63) is 24.0 Å². The normalized spacial score (nSPS) is 31.7. The number of amides is 1. The highest BCUT2D eigenvalue weighted by molar-refractivity contribution is 6.62. The van der Waals surface area contributed by atoms with E-state index < -0.39 is 29.5 Å². The summed E-state index contributed by atoms with van der Waals surface area (Å²) in [7, 11) is -0.480. The third-order valence-corrected chi connectivity index (χ3v) is 7.16. The number of aromatic nitrogens is 1. The van der Waals surface area contributed by atoms with Crippen LogP contribution in [0, 0.1) is 0 Å². The van der Waals surface area contributed by atoms with Crippen molar-refractivity contribution in [1.82, 2.24) is 9.88 Å². The highest BCUT2D eigenvalue weighted by atomic mass is 16.7. The zero-order chi connectivity index (χ0) is 22.8. The molecular weight excluding hydrogens is 395 g/mol. The number of nitrogens with zero attached hydrogens (tertiary/aromatic N) is 2. The van der Waals surface area contributed by atoms with E-state index in [2.05, 4.69) is 4.98 Å². The van der Waals surface area contributed by atoms with Crippen molar-refractivity contribution in [2.24, 2.45) is 0 Å². The first-order valence-corrected chi connectivity index (χ1v) is 11.3. The summed E-state index contributed by atoms with van der Waals surface area (Å²) >= 11 is 0. The maximum atomic E-state index is 12.7.